The molecule has 0 aromatic carbocycles. The molecule has 2 N–H and O–H groups in total. The standard InChI is InChI=1S/C13H14N2O4S/c16-8-4-7-11-9(10(8)19-12(7)17)15-13(20-11)14-5-6-2-1-3-18-6/h1-3,7-11,16H,4-5H2,(H,14,15)/t7-,8+,9-,10-,11+/m0/s1. The summed E-state index contributed by atoms with van der Waals surface area (Å²) in [6.45, 7) is 0.560. The van der Waals surface area contributed by atoms with E-state index in [1.807, 2.05) is 12.1 Å². The Kier molecular flexibility index (Phi) is 2.78. The van der Waals surface area contributed by atoms with Crippen LogP contribution in [0.5, 0.6) is 0 Å². The molecule has 4 aliphatic rings. The summed E-state index contributed by atoms with van der Waals surface area (Å²) in [7, 11) is 0. The summed E-state index contributed by atoms with van der Waals surface area (Å²) in [4.78, 5) is 16.3. The van der Waals surface area contributed by atoms with Crippen molar-refractivity contribution in [2.45, 2.75) is 36.5 Å². The first-order valence-corrected chi connectivity index (χ1v) is 7.49. The lowest BCUT2D eigenvalue weighted by molar-refractivity contribution is -0.184. The van der Waals surface area contributed by atoms with E-state index in [2.05, 4.69) is 10.3 Å². The van der Waals surface area contributed by atoms with Gasteiger partial charge < -0.3 is 19.6 Å². The van der Waals surface area contributed by atoms with Gasteiger partial charge in [0.25, 0.3) is 0 Å². The number of furan rings is 1. The lowest BCUT2D eigenvalue weighted by atomic mass is 9.78. The van der Waals surface area contributed by atoms with Crippen LogP contribution in [0.25, 0.3) is 0 Å². The van der Waals surface area contributed by atoms with E-state index in [0.29, 0.717) is 13.0 Å². The highest BCUT2D eigenvalue weighted by Gasteiger charge is 2.57. The normalized spacial score (nSPS) is 38.4. The molecule has 0 amide bonds. The minimum Gasteiger partial charge on any atom is -0.467 e. The molecular formula is C13H14N2O4S. The van der Waals surface area contributed by atoms with Crippen LogP contribution < -0.4 is 5.32 Å². The summed E-state index contributed by atoms with van der Waals surface area (Å²) in [6, 6.07) is 3.59. The smallest absolute Gasteiger partial charge is 0.310 e. The predicted molar refractivity (Wildman–Crippen MR) is 72.1 cm³/mol. The van der Waals surface area contributed by atoms with Gasteiger partial charge in [0.2, 0.25) is 0 Å². The molecule has 3 aliphatic heterocycles. The number of aliphatic hydroxyl groups is 1. The van der Waals surface area contributed by atoms with Gasteiger partial charge in [0.05, 0.1) is 30.1 Å². The maximum Gasteiger partial charge on any atom is 0.310 e. The van der Waals surface area contributed by atoms with Gasteiger partial charge in [-0.1, -0.05) is 11.8 Å². The largest absolute Gasteiger partial charge is 0.467 e. The Morgan fingerprint density at radius 3 is 3.25 bits per heavy atom. The molecule has 5 atom stereocenters. The fraction of sp³-hybridized carbons (Fsp3) is 0.538. The van der Waals surface area contributed by atoms with E-state index in [-0.39, 0.29) is 23.2 Å². The molecule has 2 saturated heterocycles. The van der Waals surface area contributed by atoms with Gasteiger partial charge in [0.15, 0.2) is 11.3 Å². The number of nitrogens with one attached hydrogen (secondary N) is 1. The third kappa shape index (κ3) is 1.84. The molecule has 20 heavy (non-hydrogen) atoms. The average molecular weight is 294 g/mol. The summed E-state index contributed by atoms with van der Waals surface area (Å²) in [5.41, 5.74) is 0. The molecule has 4 heterocycles. The van der Waals surface area contributed by atoms with Crippen molar-refractivity contribution in [3.63, 3.8) is 0 Å². The average Bonchev–Trinajstić information content (AvgIpc) is 3.06. The lowest BCUT2D eigenvalue weighted by Gasteiger charge is -2.44. The number of amidine groups is 1. The maximum absolute atomic E-state index is 11.8. The Bertz CT molecular complexity index is 559. The van der Waals surface area contributed by atoms with Crippen molar-refractivity contribution in [2.24, 2.45) is 10.9 Å². The van der Waals surface area contributed by atoms with E-state index in [4.69, 9.17) is 9.15 Å². The van der Waals surface area contributed by atoms with Crippen LogP contribution in [0.4, 0.5) is 0 Å². The summed E-state index contributed by atoms with van der Waals surface area (Å²) in [5, 5.41) is 14.0. The number of hydrogen-bond acceptors (Lipinski definition) is 7. The third-order valence-electron chi connectivity index (χ3n) is 4.01. The summed E-state index contributed by atoms with van der Waals surface area (Å²) >= 11 is 1.57. The molecule has 106 valence electrons. The van der Waals surface area contributed by atoms with E-state index in [9.17, 15) is 9.90 Å². The van der Waals surface area contributed by atoms with Crippen molar-refractivity contribution in [2.75, 3.05) is 0 Å². The molecule has 0 unspecified atom stereocenters. The fourth-order valence-electron chi connectivity index (χ4n) is 3.04. The van der Waals surface area contributed by atoms with Gasteiger partial charge in [0, 0.05) is 0 Å². The number of aliphatic hydroxyl groups excluding tert-OH is 1. The number of thioether (sulfide) groups is 1. The molecule has 1 aliphatic carbocycles. The zero-order valence-electron chi connectivity index (χ0n) is 10.6. The van der Waals surface area contributed by atoms with Gasteiger partial charge in [-0.25, -0.2) is 0 Å². The van der Waals surface area contributed by atoms with Crippen LogP contribution in [0.1, 0.15) is 12.2 Å². The van der Waals surface area contributed by atoms with Gasteiger partial charge in [-0.2, -0.15) is 0 Å². The number of rotatable bonds is 2. The van der Waals surface area contributed by atoms with Crippen LogP contribution in [0.2, 0.25) is 0 Å². The van der Waals surface area contributed by atoms with Crippen molar-refractivity contribution >= 4 is 22.9 Å². The second-order valence-electron chi connectivity index (χ2n) is 5.25. The second-order valence-corrected chi connectivity index (χ2v) is 6.42. The van der Waals surface area contributed by atoms with Crippen molar-refractivity contribution in [1.82, 2.24) is 5.32 Å². The Balaban J connectivity index is 1.48. The molecule has 3 fully saturated rings. The minimum absolute atomic E-state index is 0.0868. The van der Waals surface area contributed by atoms with E-state index < -0.39 is 12.2 Å². The zero-order valence-corrected chi connectivity index (χ0v) is 11.4. The molecule has 5 rings (SSSR count). The van der Waals surface area contributed by atoms with E-state index in [1.54, 1.807) is 18.0 Å². The fourth-order valence-corrected chi connectivity index (χ4v) is 4.38. The molecule has 1 aromatic rings. The molecule has 2 bridgehead atoms. The van der Waals surface area contributed by atoms with Crippen LogP contribution >= 0.6 is 11.8 Å². The quantitative estimate of drug-likeness (QED) is 0.774. The summed E-state index contributed by atoms with van der Waals surface area (Å²) in [6.07, 6.45) is 1.03. The number of ether oxygens (including phenoxy) is 1. The minimum atomic E-state index is -0.590. The topological polar surface area (TPSA) is 84.1 Å². The monoisotopic (exact) mass is 294 g/mol. The Morgan fingerprint density at radius 2 is 2.45 bits per heavy atom. The van der Waals surface area contributed by atoms with Gasteiger partial charge in [-0.15, -0.1) is 0 Å². The van der Waals surface area contributed by atoms with E-state index in [1.165, 1.54) is 0 Å². The molecule has 6 nitrogen and oxygen atoms in total. The molecule has 0 radical (unpaired) electrons. The van der Waals surface area contributed by atoms with Crippen molar-refractivity contribution in [3.05, 3.63) is 24.2 Å². The first-order chi connectivity index (χ1) is 9.72. The molecule has 7 heteroatoms. The van der Waals surface area contributed by atoms with E-state index in [0.717, 1.165) is 10.9 Å². The van der Waals surface area contributed by atoms with Crippen molar-refractivity contribution in [1.29, 1.82) is 0 Å². The van der Waals surface area contributed by atoms with Crippen LogP contribution in [-0.4, -0.2) is 39.7 Å². The number of carbonyl (C=O) groups excluding carboxylic acids is 1. The van der Waals surface area contributed by atoms with E-state index >= 15 is 0 Å². The third-order valence-corrected chi connectivity index (χ3v) is 5.36. The number of aliphatic imine (C=N–C) groups is 1. The van der Waals surface area contributed by atoms with Gasteiger partial charge in [-0.05, 0) is 18.6 Å². The first kappa shape index (κ1) is 12.3. The molecule has 0 spiro atoms. The summed E-state index contributed by atoms with van der Waals surface area (Å²) < 4.78 is 10.5. The SMILES string of the molecule is O=C1O[C@@H]2[C@@H]3N=C(NCc4ccco4)S[C@@H]3[C@@H]1C[C@H]2O. The Hall–Kier alpha value is -1.47. The number of esters is 1. The number of fused-ring (bicyclic) bond motifs is 2. The summed E-state index contributed by atoms with van der Waals surface area (Å²) in [5.74, 6) is 0.381. The van der Waals surface area contributed by atoms with Crippen LogP contribution in [-0.2, 0) is 16.1 Å². The lowest BCUT2D eigenvalue weighted by Crippen LogP contribution is -2.59. The highest BCUT2D eigenvalue weighted by molar-refractivity contribution is 8.14. The zero-order chi connectivity index (χ0) is 13.7. The first-order valence-electron chi connectivity index (χ1n) is 6.61. The van der Waals surface area contributed by atoms with Crippen LogP contribution in [0.3, 0.4) is 0 Å². The second kappa shape index (κ2) is 4.53. The number of carbonyl (C=O) groups is 1. The highest BCUT2D eigenvalue weighted by Crippen LogP contribution is 2.45. The van der Waals surface area contributed by atoms with Crippen LogP contribution in [0, 0.1) is 5.92 Å². The molecule has 1 aromatic heterocycles. The van der Waals surface area contributed by atoms with Crippen molar-refractivity contribution < 1.29 is 19.1 Å². The number of hydrogen-bond donors (Lipinski definition) is 2. The Labute approximate surface area is 119 Å². The van der Waals surface area contributed by atoms with Gasteiger partial charge in [-0.3, -0.25) is 9.79 Å². The number of nitrogens with zero attached hydrogens (tertiary/aromatic N) is 1. The van der Waals surface area contributed by atoms with Crippen molar-refractivity contribution in [3.8, 4) is 0 Å². The highest BCUT2D eigenvalue weighted by atomic mass is 32.2. The molecular weight excluding hydrogens is 280 g/mol. The maximum atomic E-state index is 11.8. The molecule has 1 saturated carbocycles. The van der Waals surface area contributed by atoms with Crippen LogP contribution in [0.15, 0.2) is 27.8 Å². The predicted octanol–water partition coefficient (Wildman–Crippen LogP) is 0.515. The Morgan fingerprint density at radius 1 is 1.55 bits per heavy atom. The van der Waals surface area contributed by atoms with Gasteiger partial charge in [0.1, 0.15) is 11.8 Å². The van der Waals surface area contributed by atoms with Gasteiger partial charge >= 0.3 is 5.97 Å².